The molecule has 3 rings (SSSR count). The van der Waals surface area contributed by atoms with Crippen molar-refractivity contribution in [2.45, 2.75) is 26.8 Å². The summed E-state index contributed by atoms with van der Waals surface area (Å²) in [6.45, 7) is 5.55. The normalized spacial score (nSPS) is 11.1. The van der Waals surface area contributed by atoms with Gasteiger partial charge < -0.3 is 14.4 Å². The molecule has 2 aromatic carbocycles. The number of aliphatic hydroxyl groups excluding tert-OH is 1. The summed E-state index contributed by atoms with van der Waals surface area (Å²) in [5, 5.41) is 9.26. The molecule has 0 saturated heterocycles. The Morgan fingerprint density at radius 3 is 2.74 bits per heavy atom. The van der Waals surface area contributed by atoms with E-state index in [4.69, 9.17) is 4.74 Å². The topological polar surface area (TPSA) is 47.3 Å². The van der Waals surface area contributed by atoms with Gasteiger partial charge in [0.1, 0.15) is 18.2 Å². The van der Waals surface area contributed by atoms with Crippen LogP contribution in [0.5, 0.6) is 5.75 Å². The molecule has 0 aliphatic rings. The Kier molecular flexibility index (Phi) is 4.63. The average Bonchev–Trinajstić information content (AvgIpc) is 2.90. The first-order chi connectivity index (χ1) is 11.2. The molecule has 0 radical (unpaired) electrons. The fourth-order valence-electron chi connectivity index (χ4n) is 2.79. The van der Waals surface area contributed by atoms with Crippen molar-refractivity contribution in [1.29, 1.82) is 0 Å². The number of benzene rings is 2. The van der Waals surface area contributed by atoms with E-state index >= 15 is 0 Å². The van der Waals surface area contributed by atoms with Gasteiger partial charge in [0.2, 0.25) is 0 Å². The maximum atomic E-state index is 9.26. The van der Waals surface area contributed by atoms with Crippen LogP contribution in [0.15, 0.2) is 42.5 Å². The van der Waals surface area contributed by atoms with E-state index in [1.165, 1.54) is 11.1 Å². The van der Waals surface area contributed by atoms with Crippen LogP contribution in [-0.4, -0.2) is 27.9 Å². The number of hydrogen-bond acceptors (Lipinski definition) is 3. The van der Waals surface area contributed by atoms with Gasteiger partial charge in [-0.25, -0.2) is 4.98 Å². The molecular weight excluding hydrogens is 288 g/mol. The van der Waals surface area contributed by atoms with Crippen molar-refractivity contribution in [2.24, 2.45) is 0 Å². The van der Waals surface area contributed by atoms with Crippen LogP contribution in [0.4, 0.5) is 0 Å². The molecule has 0 spiro atoms. The fourth-order valence-corrected chi connectivity index (χ4v) is 2.79. The summed E-state index contributed by atoms with van der Waals surface area (Å²) in [5.74, 6) is 1.83. The number of aliphatic hydroxyl groups is 1. The number of imidazole rings is 1. The summed E-state index contributed by atoms with van der Waals surface area (Å²) >= 11 is 0. The first-order valence-corrected chi connectivity index (χ1v) is 7.94. The first-order valence-electron chi connectivity index (χ1n) is 7.94. The SMILES string of the molecule is Cc1cccc(OCCn2c(CCO)nc3ccccc32)c1C. The van der Waals surface area contributed by atoms with Crippen LogP contribution in [0, 0.1) is 13.8 Å². The molecule has 1 heterocycles. The van der Waals surface area contributed by atoms with Crippen molar-refractivity contribution >= 4 is 11.0 Å². The van der Waals surface area contributed by atoms with Gasteiger partial charge in [0.25, 0.3) is 0 Å². The molecule has 0 unspecified atom stereocenters. The molecule has 0 amide bonds. The van der Waals surface area contributed by atoms with Crippen LogP contribution in [0.2, 0.25) is 0 Å². The molecule has 0 aliphatic heterocycles. The lowest BCUT2D eigenvalue weighted by Crippen LogP contribution is -2.12. The predicted octanol–water partition coefficient (Wildman–Crippen LogP) is 3.27. The minimum absolute atomic E-state index is 0.0984. The second kappa shape index (κ2) is 6.84. The van der Waals surface area contributed by atoms with Gasteiger partial charge in [0.15, 0.2) is 0 Å². The molecule has 120 valence electrons. The van der Waals surface area contributed by atoms with E-state index in [2.05, 4.69) is 35.5 Å². The summed E-state index contributed by atoms with van der Waals surface area (Å²) in [4.78, 5) is 4.61. The van der Waals surface area contributed by atoms with Crippen LogP contribution >= 0.6 is 0 Å². The Morgan fingerprint density at radius 2 is 1.91 bits per heavy atom. The van der Waals surface area contributed by atoms with Gasteiger partial charge in [-0.15, -0.1) is 0 Å². The molecule has 3 aromatic rings. The number of aryl methyl sites for hydroxylation is 1. The Hall–Kier alpha value is -2.33. The van der Waals surface area contributed by atoms with Crippen molar-refractivity contribution in [2.75, 3.05) is 13.2 Å². The maximum Gasteiger partial charge on any atom is 0.122 e. The van der Waals surface area contributed by atoms with Crippen molar-refractivity contribution in [1.82, 2.24) is 9.55 Å². The summed E-state index contributed by atoms with van der Waals surface area (Å²) < 4.78 is 8.10. The maximum absolute atomic E-state index is 9.26. The predicted molar refractivity (Wildman–Crippen MR) is 91.9 cm³/mol. The molecule has 0 atom stereocenters. The van der Waals surface area contributed by atoms with Crippen molar-refractivity contribution < 1.29 is 9.84 Å². The Bertz CT molecular complexity index is 808. The van der Waals surface area contributed by atoms with Gasteiger partial charge in [0, 0.05) is 6.42 Å². The highest BCUT2D eigenvalue weighted by Gasteiger charge is 2.10. The standard InChI is InChI=1S/C19H22N2O2/c1-14-6-5-9-18(15(14)2)23-13-11-21-17-8-4-3-7-16(17)20-19(21)10-12-22/h3-9,22H,10-13H2,1-2H3. The minimum atomic E-state index is 0.0984. The largest absolute Gasteiger partial charge is 0.491 e. The van der Waals surface area contributed by atoms with E-state index in [0.717, 1.165) is 22.6 Å². The van der Waals surface area contributed by atoms with Crippen LogP contribution in [-0.2, 0) is 13.0 Å². The van der Waals surface area contributed by atoms with E-state index in [1.807, 2.05) is 30.3 Å². The number of aromatic nitrogens is 2. The molecule has 23 heavy (non-hydrogen) atoms. The van der Waals surface area contributed by atoms with Crippen LogP contribution in [0.3, 0.4) is 0 Å². The zero-order valence-electron chi connectivity index (χ0n) is 13.6. The highest BCUT2D eigenvalue weighted by atomic mass is 16.5. The summed E-state index contributed by atoms with van der Waals surface area (Å²) in [5.41, 5.74) is 4.46. The fraction of sp³-hybridized carbons (Fsp3) is 0.316. The van der Waals surface area contributed by atoms with E-state index in [9.17, 15) is 5.11 Å². The van der Waals surface area contributed by atoms with E-state index < -0.39 is 0 Å². The zero-order chi connectivity index (χ0) is 16.2. The molecule has 1 aromatic heterocycles. The highest BCUT2D eigenvalue weighted by Crippen LogP contribution is 2.21. The number of para-hydroxylation sites is 2. The second-order valence-corrected chi connectivity index (χ2v) is 5.69. The van der Waals surface area contributed by atoms with E-state index in [1.54, 1.807) is 0 Å². The number of fused-ring (bicyclic) bond motifs is 1. The van der Waals surface area contributed by atoms with Crippen molar-refractivity contribution in [3.8, 4) is 5.75 Å². The third kappa shape index (κ3) is 3.22. The molecular formula is C19H22N2O2. The Labute approximate surface area is 136 Å². The van der Waals surface area contributed by atoms with Gasteiger partial charge >= 0.3 is 0 Å². The minimum Gasteiger partial charge on any atom is -0.491 e. The number of nitrogens with zero attached hydrogens (tertiary/aromatic N) is 2. The van der Waals surface area contributed by atoms with E-state index in [0.29, 0.717) is 19.6 Å². The van der Waals surface area contributed by atoms with Crippen molar-refractivity contribution in [3.05, 3.63) is 59.4 Å². The highest BCUT2D eigenvalue weighted by molar-refractivity contribution is 5.75. The Morgan fingerprint density at radius 1 is 1.09 bits per heavy atom. The lowest BCUT2D eigenvalue weighted by atomic mass is 10.1. The van der Waals surface area contributed by atoms with Crippen molar-refractivity contribution in [3.63, 3.8) is 0 Å². The Balaban J connectivity index is 1.78. The lowest BCUT2D eigenvalue weighted by Gasteiger charge is -2.13. The molecule has 0 bridgehead atoms. The smallest absolute Gasteiger partial charge is 0.122 e. The van der Waals surface area contributed by atoms with Gasteiger partial charge in [-0.1, -0.05) is 24.3 Å². The van der Waals surface area contributed by atoms with Crippen LogP contribution < -0.4 is 4.74 Å². The molecule has 0 saturated carbocycles. The lowest BCUT2D eigenvalue weighted by molar-refractivity contribution is 0.283. The molecule has 0 fully saturated rings. The number of rotatable bonds is 6. The summed E-state index contributed by atoms with van der Waals surface area (Å²) in [6, 6.07) is 14.2. The van der Waals surface area contributed by atoms with Crippen LogP contribution in [0.25, 0.3) is 11.0 Å². The number of ether oxygens (including phenoxy) is 1. The third-order valence-corrected chi connectivity index (χ3v) is 4.20. The summed E-state index contributed by atoms with van der Waals surface area (Å²) in [6.07, 6.45) is 0.554. The van der Waals surface area contributed by atoms with E-state index in [-0.39, 0.29) is 6.61 Å². The summed E-state index contributed by atoms with van der Waals surface area (Å²) in [7, 11) is 0. The number of hydrogen-bond donors (Lipinski definition) is 1. The quantitative estimate of drug-likeness (QED) is 0.760. The van der Waals surface area contributed by atoms with Gasteiger partial charge in [0.05, 0.1) is 24.2 Å². The van der Waals surface area contributed by atoms with Crippen LogP contribution in [0.1, 0.15) is 17.0 Å². The molecule has 1 N–H and O–H groups in total. The monoisotopic (exact) mass is 310 g/mol. The van der Waals surface area contributed by atoms with Gasteiger partial charge in [-0.2, -0.15) is 0 Å². The molecule has 4 heteroatoms. The zero-order valence-corrected chi connectivity index (χ0v) is 13.6. The first kappa shape index (κ1) is 15.6. The van der Waals surface area contributed by atoms with Gasteiger partial charge in [-0.3, -0.25) is 0 Å². The second-order valence-electron chi connectivity index (χ2n) is 5.69. The third-order valence-electron chi connectivity index (χ3n) is 4.20. The van der Waals surface area contributed by atoms with Gasteiger partial charge in [-0.05, 0) is 43.2 Å². The molecule has 0 aliphatic carbocycles. The molecule has 4 nitrogen and oxygen atoms in total. The average molecular weight is 310 g/mol.